The lowest BCUT2D eigenvalue weighted by molar-refractivity contribution is -0.630. The van der Waals surface area contributed by atoms with E-state index < -0.39 is 0 Å². The first kappa shape index (κ1) is 10.5. The SMILES string of the molecule is CC1(C)C2CCC1(CSO[O-])C(=O)C2. The number of carbonyl (C=O) groups excluding carboxylic acids is 1. The monoisotopic (exact) mass is 215 g/mol. The van der Waals surface area contributed by atoms with E-state index in [2.05, 4.69) is 18.2 Å². The Morgan fingerprint density at radius 1 is 1.64 bits per heavy atom. The highest BCUT2D eigenvalue weighted by Crippen LogP contribution is 2.64. The van der Waals surface area contributed by atoms with Crippen molar-refractivity contribution in [1.82, 2.24) is 0 Å². The van der Waals surface area contributed by atoms with Gasteiger partial charge in [-0.25, -0.2) is 0 Å². The minimum absolute atomic E-state index is 0.0512. The van der Waals surface area contributed by atoms with Gasteiger partial charge in [0.2, 0.25) is 0 Å². The summed E-state index contributed by atoms with van der Waals surface area (Å²) in [6.45, 7) is 4.31. The molecule has 14 heavy (non-hydrogen) atoms. The van der Waals surface area contributed by atoms with Crippen LogP contribution in [0.5, 0.6) is 0 Å². The molecule has 2 aliphatic carbocycles. The van der Waals surface area contributed by atoms with E-state index in [-0.39, 0.29) is 10.8 Å². The number of fused-ring (bicyclic) bond motifs is 2. The van der Waals surface area contributed by atoms with Crippen LogP contribution >= 0.6 is 12.0 Å². The molecule has 2 aliphatic rings. The van der Waals surface area contributed by atoms with Crippen LogP contribution in [0.15, 0.2) is 0 Å². The predicted molar refractivity (Wildman–Crippen MR) is 52.1 cm³/mol. The molecule has 0 N–H and O–H groups in total. The van der Waals surface area contributed by atoms with E-state index in [1.165, 1.54) is 0 Å². The zero-order valence-corrected chi connectivity index (χ0v) is 9.36. The van der Waals surface area contributed by atoms with Gasteiger partial charge < -0.3 is 9.59 Å². The minimum Gasteiger partial charge on any atom is -0.711 e. The number of Topliss-reactive ketones (excluding diaryl/α,β-unsaturated/α-hetero) is 1. The second-order valence-electron chi connectivity index (χ2n) is 5.00. The van der Waals surface area contributed by atoms with Gasteiger partial charge in [-0.1, -0.05) is 13.8 Å². The summed E-state index contributed by atoms with van der Waals surface area (Å²) < 4.78 is 3.81. The smallest absolute Gasteiger partial charge is 0.140 e. The van der Waals surface area contributed by atoms with Gasteiger partial charge in [-0.15, -0.1) is 0 Å². The van der Waals surface area contributed by atoms with Crippen LogP contribution in [-0.4, -0.2) is 11.5 Å². The maximum atomic E-state index is 11.9. The van der Waals surface area contributed by atoms with Crippen LogP contribution in [0.3, 0.4) is 0 Å². The van der Waals surface area contributed by atoms with Crippen LogP contribution in [0, 0.1) is 16.7 Å². The quantitative estimate of drug-likeness (QED) is 0.405. The molecule has 2 rings (SSSR count). The van der Waals surface area contributed by atoms with Gasteiger partial charge in [0.25, 0.3) is 0 Å². The van der Waals surface area contributed by atoms with Gasteiger partial charge in [0, 0.05) is 17.6 Å². The highest BCUT2D eigenvalue weighted by molar-refractivity contribution is 7.94. The molecule has 3 nitrogen and oxygen atoms in total. The summed E-state index contributed by atoms with van der Waals surface area (Å²) in [6.07, 6.45) is 2.75. The summed E-state index contributed by atoms with van der Waals surface area (Å²) in [4.78, 5) is 11.9. The Morgan fingerprint density at radius 2 is 2.36 bits per heavy atom. The molecule has 2 saturated carbocycles. The fourth-order valence-corrected chi connectivity index (χ4v) is 4.16. The second-order valence-corrected chi connectivity index (χ2v) is 5.66. The Morgan fingerprint density at radius 3 is 2.79 bits per heavy atom. The predicted octanol–water partition coefficient (Wildman–Crippen LogP) is 1.32. The average Bonchev–Trinajstić information content (AvgIpc) is 2.48. The number of ketones is 1. The van der Waals surface area contributed by atoms with Gasteiger partial charge in [0.05, 0.1) is 0 Å². The molecule has 0 radical (unpaired) electrons. The molecule has 0 amide bonds. The van der Waals surface area contributed by atoms with Crippen molar-refractivity contribution < 1.29 is 14.4 Å². The molecule has 0 aromatic heterocycles. The van der Waals surface area contributed by atoms with Crippen LogP contribution in [0.2, 0.25) is 0 Å². The lowest BCUT2D eigenvalue weighted by Gasteiger charge is -2.36. The molecule has 0 heterocycles. The molecule has 4 heteroatoms. The molecule has 0 aromatic carbocycles. The summed E-state index contributed by atoms with van der Waals surface area (Å²) in [5, 5.41) is 10.0. The summed E-state index contributed by atoms with van der Waals surface area (Å²) >= 11 is 0.885. The first-order valence-electron chi connectivity index (χ1n) is 4.99. The molecular weight excluding hydrogens is 200 g/mol. The van der Waals surface area contributed by atoms with E-state index in [1.807, 2.05) is 0 Å². The summed E-state index contributed by atoms with van der Waals surface area (Å²) in [6, 6.07) is 0. The largest absolute Gasteiger partial charge is 0.711 e. The summed E-state index contributed by atoms with van der Waals surface area (Å²) in [5.74, 6) is 1.38. The third-order valence-corrected chi connectivity index (χ3v) is 5.20. The Balaban J connectivity index is 2.25. The Bertz CT molecular complexity index is 264. The zero-order valence-electron chi connectivity index (χ0n) is 8.54. The minimum atomic E-state index is -0.285. The fourth-order valence-electron chi connectivity index (χ4n) is 3.23. The van der Waals surface area contributed by atoms with E-state index in [1.54, 1.807) is 0 Å². The highest BCUT2D eigenvalue weighted by atomic mass is 32.2. The van der Waals surface area contributed by atoms with E-state index in [0.29, 0.717) is 23.9 Å². The first-order chi connectivity index (χ1) is 6.54. The normalized spacial score (nSPS) is 39.4. The third-order valence-electron chi connectivity index (χ3n) is 4.49. The Labute approximate surface area is 88.3 Å². The van der Waals surface area contributed by atoms with Crippen LogP contribution in [0.4, 0.5) is 0 Å². The fraction of sp³-hybridized carbons (Fsp3) is 0.900. The van der Waals surface area contributed by atoms with Gasteiger partial charge in [-0.3, -0.25) is 4.79 Å². The maximum absolute atomic E-state index is 11.9. The van der Waals surface area contributed by atoms with Crippen molar-refractivity contribution in [3.8, 4) is 0 Å². The number of rotatable bonds is 3. The summed E-state index contributed by atoms with van der Waals surface area (Å²) in [5.41, 5.74) is -0.234. The van der Waals surface area contributed by atoms with Crippen molar-refractivity contribution in [2.75, 3.05) is 5.75 Å². The van der Waals surface area contributed by atoms with Gasteiger partial charge in [-0.2, -0.15) is 0 Å². The Kier molecular flexibility index (Phi) is 2.40. The van der Waals surface area contributed by atoms with Crippen molar-refractivity contribution >= 4 is 17.8 Å². The van der Waals surface area contributed by atoms with Gasteiger partial charge >= 0.3 is 0 Å². The molecule has 2 fully saturated rings. The maximum Gasteiger partial charge on any atom is 0.140 e. The van der Waals surface area contributed by atoms with Crippen LogP contribution in [0.25, 0.3) is 0 Å². The molecule has 0 saturated heterocycles. The van der Waals surface area contributed by atoms with Gasteiger partial charge in [0.1, 0.15) is 5.78 Å². The van der Waals surface area contributed by atoms with Crippen LogP contribution < -0.4 is 5.26 Å². The number of hydrogen-bond acceptors (Lipinski definition) is 4. The first-order valence-corrected chi connectivity index (χ1v) is 5.90. The molecule has 2 atom stereocenters. The van der Waals surface area contributed by atoms with Crippen molar-refractivity contribution in [3.63, 3.8) is 0 Å². The van der Waals surface area contributed by atoms with Crippen LogP contribution in [-0.2, 0) is 9.13 Å². The van der Waals surface area contributed by atoms with E-state index in [4.69, 9.17) is 0 Å². The average molecular weight is 215 g/mol. The molecule has 0 aliphatic heterocycles. The molecular formula is C10H15O3S-. The number of carbonyl (C=O) groups is 1. The third kappa shape index (κ3) is 1.11. The van der Waals surface area contributed by atoms with Gasteiger partial charge in [-0.05, 0) is 36.2 Å². The summed E-state index contributed by atoms with van der Waals surface area (Å²) in [7, 11) is 0. The van der Waals surface area contributed by atoms with Crippen molar-refractivity contribution in [2.45, 2.75) is 33.1 Å². The molecule has 0 spiro atoms. The zero-order chi connectivity index (χ0) is 10.4. The number of hydrogen-bond donors (Lipinski definition) is 0. The second kappa shape index (κ2) is 3.22. The molecule has 80 valence electrons. The lowest BCUT2D eigenvalue weighted by atomic mass is 9.70. The van der Waals surface area contributed by atoms with Crippen LogP contribution in [0.1, 0.15) is 33.1 Å². The highest BCUT2D eigenvalue weighted by Gasteiger charge is 2.63. The Hall–Kier alpha value is -0.0600. The van der Waals surface area contributed by atoms with E-state index >= 15 is 0 Å². The van der Waals surface area contributed by atoms with E-state index in [0.717, 1.165) is 24.9 Å². The van der Waals surface area contributed by atoms with Crippen molar-refractivity contribution in [1.29, 1.82) is 0 Å². The van der Waals surface area contributed by atoms with Gasteiger partial charge in [0.15, 0.2) is 0 Å². The van der Waals surface area contributed by atoms with Crippen molar-refractivity contribution in [3.05, 3.63) is 0 Å². The van der Waals surface area contributed by atoms with Crippen molar-refractivity contribution in [2.24, 2.45) is 16.7 Å². The topological polar surface area (TPSA) is 49.4 Å². The lowest BCUT2D eigenvalue weighted by Crippen LogP contribution is -2.38. The molecule has 2 unspecified atom stereocenters. The molecule has 2 bridgehead atoms. The molecule has 0 aromatic rings. The van der Waals surface area contributed by atoms with E-state index in [9.17, 15) is 10.1 Å². The standard InChI is InChI=1S/C10H16O3S/c1-9(2)7-3-4-10(9,6-14-13-12)8(11)5-7/h7,12H,3-6H2,1-2H3/p-1.